The summed E-state index contributed by atoms with van der Waals surface area (Å²) < 4.78 is 3.69. The molecule has 4 aromatic rings. The summed E-state index contributed by atoms with van der Waals surface area (Å²) in [7, 11) is 0. The van der Waals surface area contributed by atoms with Gasteiger partial charge in [-0.3, -0.25) is 14.6 Å². The number of nitrogen functional groups attached to an aromatic ring is 1. The highest BCUT2D eigenvalue weighted by molar-refractivity contribution is 5.88. The lowest BCUT2D eigenvalue weighted by Crippen LogP contribution is -2.17. The molecule has 0 bridgehead atoms. The van der Waals surface area contributed by atoms with Crippen LogP contribution in [0.5, 0.6) is 0 Å². The summed E-state index contributed by atoms with van der Waals surface area (Å²) in [5.41, 5.74) is 9.84. The van der Waals surface area contributed by atoms with Gasteiger partial charge in [0.2, 0.25) is 5.91 Å². The van der Waals surface area contributed by atoms with Gasteiger partial charge in [-0.2, -0.15) is 15.3 Å². The zero-order valence-corrected chi connectivity index (χ0v) is 15.3. The molecule has 4 heterocycles. The molecular formula is C18H19N9O. The van der Waals surface area contributed by atoms with Gasteiger partial charge in [0.15, 0.2) is 11.6 Å². The fourth-order valence-corrected chi connectivity index (χ4v) is 3.38. The van der Waals surface area contributed by atoms with E-state index >= 15 is 0 Å². The number of hydrogen-bond donors (Lipinski definition) is 3. The quantitative estimate of drug-likeness (QED) is 0.500. The molecule has 0 spiro atoms. The lowest BCUT2D eigenvalue weighted by molar-refractivity contribution is -0.114. The van der Waals surface area contributed by atoms with E-state index < -0.39 is 0 Å². The summed E-state index contributed by atoms with van der Waals surface area (Å²) in [5, 5.41) is 18.5. The first-order chi connectivity index (χ1) is 13.6. The van der Waals surface area contributed by atoms with Crippen LogP contribution in [0.15, 0.2) is 30.7 Å². The molecule has 5 rings (SSSR count). The van der Waals surface area contributed by atoms with Crippen LogP contribution >= 0.6 is 0 Å². The Hall–Kier alpha value is -3.69. The van der Waals surface area contributed by atoms with E-state index in [9.17, 15) is 4.79 Å². The van der Waals surface area contributed by atoms with E-state index in [1.165, 1.54) is 13.3 Å². The Morgan fingerprint density at radius 1 is 1.36 bits per heavy atom. The first-order valence-electron chi connectivity index (χ1n) is 9.11. The fourth-order valence-electron chi connectivity index (χ4n) is 3.38. The lowest BCUT2D eigenvalue weighted by atomic mass is 9.93. The molecule has 1 fully saturated rings. The molecule has 0 radical (unpaired) electrons. The molecule has 4 aromatic heterocycles. The molecule has 10 nitrogen and oxygen atoms in total. The largest absolute Gasteiger partial charge is 0.382 e. The van der Waals surface area contributed by atoms with Gasteiger partial charge in [-0.15, -0.1) is 0 Å². The number of aromatic amines is 1. The van der Waals surface area contributed by atoms with Crippen LogP contribution in [0.4, 0.5) is 11.6 Å². The lowest BCUT2D eigenvalue weighted by Gasteiger charge is -2.25. The van der Waals surface area contributed by atoms with Crippen LogP contribution in [0.2, 0.25) is 0 Å². The van der Waals surface area contributed by atoms with Crippen molar-refractivity contribution in [3.63, 3.8) is 0 Å². The van der Waals surface area contributed by atoms with E-state index in [1.807, 2.05) is 16.9 Å². The number of amides is 1. The number of hydrogen-bond acceptors (Lipinski definition) is 6. The summed E-state index contributed by atoms with van der Waals surface area (Å²) in [4.78, 5) is 16.0. The summed E-state index contributed by atoms with van der Waals surface area (Å²) in [6.07, 6.45) is 8.94. The predicted molar refractivity (Wildman–Crippen MR) is 103 cm³/mol. The summed E-state index contributed by atoms with van der Waals surface area (Å²) >= 11 is 0. The average Bonchev–Trinajstić information content (AvgIpc) is 3.31. The van der Waals surface area contributed by atoms with E-state index in [0.717, 1.165) is 23.9 Å². The zero-order chi connectivity index (χ0) is 19.3. The van der Waals surface area contributed by atoms with Crippen molar-refractivity contribution in [3.8, 4) is 22.6 Å². The SMILES string of the molecule is CC(=O)Nc1cc(-c2cn3nccc3c(-c3cn(C4CCC4)nc3N)n2)[nH]n1. The Bertz CT molecular complexity index is 1180. The maximum Gasteiger partial charge on any atom is 0.222 e. The molecule has 142 valence electrons. The van der Waals surface area contributed by atoms with Crippen molar-refractivity contribution in [2.75, 3.05) is 11.1 Å². The number of nitrogens with one attached hydrogen (secondary N) is 2. The maximum atomic E-state index is 11.2. The third-order valence-corrected chi connectivity index (χ3v) is 5.01. The molecule has 1 aliphatic carbocycles. The van der Waals surface area contributed by atoms with Gasteiger partial charge < -0.3 is 11.1 Å². The first kappa shape index (κ1) is 16.5. The maximum absolute atomic E-state index is 11.2. The molecule has 1 saturated carbocycles. The Labute approximate surface area is 159 Å². The highest BCUT2D eigenvalue weighted by Crippen LogP contribution is 2.35. The van der Waals surface area contributed by atoms with Crippen LogP contribution in [0.3, 0.4) is 0 Å². The summed E-state index contributed by atoms with van der Waals surface area (Å²) in [5.74, 6) is 0.692. The first-order valence-corrected chi connectivity index (χ1v) is 9.11. The van der Waals surface area contributed by atoms with Crippen LogP contribution < -0.4 is 11.1 Å². The standard InChI is InChI=1S/C18H19N9O/c1-10(28)21-16-7-13(23-24-16)14-9-27-15(5-6-20-27)17(22-14)12-8-26(25-18(12)19)11-3-2-4-11/h5-9,11H,2-4H2,1H3,(H2,19,25)(H2,21,23,24,28). The van der Waals surface area contributed by atoms with Crippen LogP contribution in [0, 0.1) is 0 Å². The van der Waals surface area contributed by atoms with Crippen molar-refractivity contribution in [2.45, 2.75) is 32.2 Å². The molecule has 0 saturated heterocycles. The van der Waals surface area contributed by atoms with E-state index in [4.69, 9.17) is 10.7 Å². The van der Waals surface area contributed by atoms with Crippen LogP contribution in [-0.2, 0) is 4.79 Å². The molecule has 0 aromatic carbocycles. The second-order valence-corrected chi connectivity index (χ2v) is 6.98. The topological polar surface area (TPSA) is 132 Å². The van der Waals surface area contributed by atoms with Crippen molar-refractivity contribution in [1.29, 1.82) is 0 Å². The van der Waals surface area contributed by atoms with Crippen LogP contribution in [-0.4, -0.2) is 40.5 Å². The van der Waals surface area contributed by atoms with Crippen molar-refractivity contribution in [3.05, 3.63) is 30.7 Å². The van der Waals surface area contributed by atoms with Gasteiger partial charge in [-0.1, -0.05) is 0 Å². The Morgan fingerprint density at radius 2 is 2.21 bits per heavy atom. The van der Waals surface area contributed by atoms with E-state index in [1.54, 1.807) is 23.0 Å². The molecule has 10 heteroatoms. The zero-order valence-electron chi connectivity index (χ0n) is 15.3. The molecular weight excluding hydrogens is 358 g/mol. The average molecular weight is 377 g/mol. The molecule has 0 aliphatic heterocycles. The minimum Gasteiger partial charge on any atom is -0.382 e. The van der Waals surface area contributed by atoms with Crippen molar-refractivity contribution in [2.24, 2.45) is 0 Å². The number of nitrogens with zero attached hydrogens (tertiary/aromatic N) is 6. The second kappa shape index (κ2) is 6.19. The predicted octanol–water partition coefficient (Wildman–Crippen LogP) is 2.25. The third kappa shape index (κ3) is 2.70. The van der Waals surface area contributed by atoms with Gasteiger partial charge in [0.1, 0.15) is 11.4 Å². The molecule has 0 unspecified atom stereocenters. The van der Waals surface area contributed by atoms with Gasteiger partial charge in [0.25, 0.3) is 0 Å². The van der Waals surface area contributed by atoms with Crippen LogP contribution in [0.1, 0.15) is 32.2 Å². The van der Waals surface area contributed by atoms with E-state index in [-0.39, 0.29) is 5.91 Å². The van der Waals surface area contributed by atoms with Gasteiger partial charge in [-0.25, -0.2) is 9.50 Å². The second-order valence-electron chi connectivity index (χ2n) is 6.98. The molecule has 4 N–H and O–H groups in total. The number of carbonyl (C=O) groups excluding carboxylic acids is 1. The van der Waals surface area contributed by atoms with Gasteiger partial charge >= 0.3 is 0 Å². The minimum absolute atomic E-state index is 0.189. The highest BCUT2D eigenvalue weighted by Gasteiger charge is 2.23. The molecule has 1 amide bonds. The summed E-state index contributed by atoms with van der Waals surface area (Å²) in [6.45, 7) is 1.43. The van der Waals surface area contributed by atoms with Crippen molar-refractivity contribution < 1.29 is 4.79 Å². The Kier molecular flexibility index (Phi) is 3.64. The normalized spacial score (nSPS) is 14.3. The highest BCUT2D eigenvalue weighted by atomic mass is 16.1. The Morgan fingerprint density at radius 3 is 2.96 bits per heavy atom. The molecule has 28 heavy (non-hydrogen) atoms. The smallest absolute Gasteiger partial charge is 0.222 e. The minimum atomic E-state index is -0.189. The number of nitrogens with two attached hydrogens (primary N) is 1. The number of fused-ring (bicyclic) bond motifs is 1. The van der Waals surface area contributed by atoms with E-state index in [0.29, 0.717) is 34.8 Å². The molecule has 1 aliphatic rings. The fraction of sp³-hybridized carbons (Fsp3) is 0.278. The monoisotopic (exact) mass is 377 g/mol. The number of anilines is 2. The number of aromatic nitrogens is 7. The van der Waals surface area contributed by atoms with Crippen LogP contribution in [0.25, 0.3) is 28.2 Å². The van der Waals surface area contributed by atoms with Crippen molar-refractivity contribution >= 4 is 23.1 Å². The van der Waals surface area contributed by atoms with Gasteiger partial charge in [0.05, 0.1) is 35.2 Å². The van der Waals surface area contributed by atoms with E-state index in [2.05, 4.69) is 25.7 Å². The van der Waals surface area contributed by atoms with Crippen molar-refractivity contribution in [1.82, 2.24) is 34.6 Å². The number of H-pyrrole nitrogens is 1. The van der Waals surface area contributed by atoms with Gasteiger partial charge in [-0.05, 0) is 25.3 Å². The Balaban J connectivity index is 1.61. The third-order valence-electron chi connectivity index (χ3n) is 5.01. The number of carbonyl (C=O) groups is 1. The number of rotatable bonds is 4. The molecule has 0 atom stereocenters. The van der Waals surface area contributed by atoms with Gasteiger partial charge in [0, 0.05) is 19.2 Å². The summed E-state index contributed by atoms with van der Waals surface area (Å²) in [6, 6.07) is 4.03.